The highest BCUT2D eigenvalue weighted by atomic mass is 35.5. The normalized spacial score (nSPS) is 23.3. The summed E-state index contributed by atoms with van der Waals surface area (Å²) < 4.78 is 37.9. The van der Waals surface area contributed by atoms with Crippen LogP contribution in [0.15, 0.2) is 42.5 Å². The molecule has 2 atom stereocenters. The SMILES string of the molecule is CCc1ccc(N2C(=O)N(Cc3ccc(F)cc3Cl)[C@@H]3CS(=O)(=O)C[C@H]32)cc1. The van der Waals surface area contributed by atoms with Crippen LogP contribution in [-0.4, -0.2) is 42.9 Å². The van der Waals surface area contributed by atoms with Crippen molar-refractivity contribution in [1.82, 2.24) is 4.90 Å². The van der Waals surface area contributed by atoms with E-state index in [9.17, 15) is 17.6 Å². The number of carbonyl (C=O) groups excluding carboxylic acids is 1. The average molecular weight is 423 g/mol. The summed E-state index contributed by atoms with van der Waals surface area (Å²) in [7, 11) is -3.25. The van der Waals surface area contributed by atoms with Crippen LogP contribution >= 0.6 is 11.6 Å². The number of nitrogens with zero attached hydrogens (tertiary/aromatic N) is 2. The highest BCUT2D eigenvalue weighted by molar-refractivity contribution is 7.91. The van der Waals surface area contributed by atoms with Gasteiger partial charge in [0.25, 0.3) is 0 Å². The second-order valence-electron chi connectivity index (χ2n) is 7.25. The van der Waals surface area contributed by atoms with E-state index < -0.39 is 27.7 Å². The van der Waals surface area contributed by atoms with Gasteiger partial charge in [0.05, 0.1) is 23.6 Å². The van der Waals surface area contributed by atoms with Crippen molar-refractivity contribution >= 4 is 33.2 Å². The first-order valence-corrected chi connectivity index (χ1v) is 11.3. The molecule has 28 heavy (non-hydrogen) atoms. The van der Waals surface area contributed by atoms with Gasteiger partial charge in [-0.05, 0) is 41.8 Å². The number of fused-ring (bicyclic) bond motifs is 1. The van der Waals surface area contributed by atoms with Gasteiger partial charge in [0.1, 0.15) is 5.82 Å². The first-order valence-electron chi connectivity index (χ1n) is 9.12. The van der Waals surface area contributed by atoms with Crippen molar-refractivity contribution in [2.45, 2.75) is 32.0 Å². The minimum absolute atomic E-state index is 0.0629. The smallest absolute Gasteiger partial charge is 0.314 e. The number of amides is 2. The maximum Gasteiger partial charge on any atom is 0.325 e. The summed E-state index contributed by atoms with van der Waals surface area (Å²) >= 11 is 6.13. The van der Waals surface area contributed by atoms with Gasteiger partial charge in [-0.3, -0.25) is 4.90 Å². The third-order valence-electron chi connectivity index (χ3n) is 5.46. The molecule has 2 amide bonds. The van der Waals surface area contributed by atoms with Crippen LogP contribution < -0.4 is 4.90 Å². The first-order chi connectivity index (χ1) is 13.3. The molecule has 0 aliphatic carbocycles. The lowest BCUT2D eigenvalue weighted by atomic mass is 10.1. The van der Waals surface area contributed by atoms with Gasteiger partial charge >= 0.3 is 6.03 Å². The number of carbonyl (C=O) groups is 1. The molecule has 2 aliphatic heterocycles. The van der Waals surface area contributed by atoms with E-state index in [1.165, 1.54) is 18.2 Å². The molecule has 0 N–H and O–H groups in total. The molecule has 5 nitrogen and oxygen atoms in total. The molecule has 2 aliphatic rings. The van der Waals surface area contributed by atoms with Crippen LogP contribution in [0.3, 0.4) is 0 Å². The van der Waals surface area contributed by atoms with E-state index in [4.69, 9.17) is 11.6 Å². The van der Waals surface area contributed by atoms with E-state index in [2.05, 4.69) is 0 Å². The molecule has 2 heterocycles. The van der Waals surface area contributed by atoms with Gasteiger partial charge in [0, 0.05) is 17.3 Å². The highest BCUT2D eigenvalue weighted by Crippen LogP contribution is 2.36. The summed E-state index contributed by atoms with van der Waals surface area (Å²) in [4.78, 5) is 16.3. The summed E-state index contributed by atoms with van der Waals surface area (Å²) in [6.45, 7) is 2.18. The van der Waals surface area contributed by atoms with E-state index >= 15 is 0 Å². The number of urea groups is 1. The van der Waals surface area contributed by atoms with Crippen LogP contribution in [0.2, 0.25) is 5.02 Å². The van der Waals surface area contributed by atoms with E-state index in [-0.39, 0.29) is 29.1 Å². The first kappa shape index (κ1) is 19.2. The van der Waals surface area contributed by atoms with Gasteiger partial charge in [-0.25, -0.2) is 17.6 Å². The Morgan fingerprint density at radius 3 is 2.43 bits per heavy atom. The Kier molecular flexibility index (Phi) is 4.83. The maximum atomic E-state index is 13.3. The maximum absolute atomic E-state index is 13.3. The summed E-state index contributed by atoms with van der Waals surface area (Å²) in [5.41, 5.74) is 2.41. The summed E-state index contributed by atoms with van der Waals surface area (Å²) in [5, 5.41) is 0.218. The molecular weight excluding hydrogens is 403 g/mol. The zero-order valence-corrected chi connectivity index (χ0v) is 16.9. The molecule has 2 fully saturated rings. The fourth-order valence-corrected chi connectivity index (χ4v) is 6.17. The summed E-state index contributed by atoms with van der Waals surface area (Å²) in [6.07, 6.45) is 0.879. The van der Waals surface area contributed by atoms with Gasteiger partial charge in [-0.1, -0.05) is 36.7 Å². The Morgan fingerprint density at radius 1 is 1.11 bits per heavy atom. The second kappa shape index (κ2) is 7.04. The van der Waals surface area contributed by atoms with E-state index in [0.29, 0.717) is 11.3 Å². The molecular formula is C20H20ClFN2O3S. The quantitative estimate of drug-likeness (QED) is 0.707. The van der Waals surface area contributed by atoms with Crippen molar-refractivity contribution in [2.24, 2.45) is 0 Å². The third kappa shape index (κ3) is 3.37. The number of aryl methyl sites for hydroxylation is 1. The molecule has 8 heteroatoms. The number of sulfone groups is 1. The van der Waals surface area contributed by atoms with Crippen LogP contribution in [0.4, 0.5) is 14.9 Å². The minimum atomic E-state index is -3.25. The monoisotopic (exact) mass is 422 g/mol. The van der Waals surface area contributed by atoms with Gasteiger partial charge in [-0.2, -0.15) is 0 Å². The standard InChI is InChI=1S/C20H20ClFN2O3S/c1-2-13-3-7-16(8-4-13)24-19-12-28(26,27)11-18(19)23(20(24)25)10-14-5-6-15(22)9-17(14)21/h3-9,18-19H,2,10-12H2,1H3/t18-,19-/m1/s1. The lowest BCUT2D eigenvalue weighted by Crippen LogP contribution is -2.37. The average Bonchev–Trinajstić information content (AvgIpc) is 3.07. The van der Waals surface area contributed by atoms with E-state index in [0.717, 1.165) is 12.0 Å². The third-order valence-corrected chi connectivity index (χ3v) is 7.51. The fourth-order valence-electron chi connectivity index (χ4n) is 3.99. The summed E-state index contributed by atoms with van der Waals surface area (Å²) in [6, 6.07) is 10.5. The van der Waals surface area contributed by atoms with E-state index in [1.807, 2.05) is 31.2 Å². The van der Waals surface area contributed by atoms with Crippen molar-refractivity contribution < 1.29 is 17.6 Å². The second-order valence-corrected chi connectivity index (χ2v) is 9.81. The Hall–Kier alpha value is -2.12. The molecule has 0 unspecified atom stereocenters. The van der Waals surface area contributed by atoms with Crippen molar-refractivity contribution in [3.05, 3.63) is 64.4 Å². The van der Waals surface area contributed by atoms with Gasteiger partial charge in [0.2, 0.25) is 0 Å². The number of hydrogen-bond donors (Lipinski definition) is 0. The predicted molar refractivity (Wildman–Crippen MR) is 107 cm³/mol. The largest absolute Gasteiger partial charge is 0.325 e. The Balaban J connectivity index is 1.69. The number of halogens is 2. The molecule has 0 radical (unpaired) electrons. The molecule has 4 rings (SSSR count). The predicted octanol–water partition coefficient (Wildman–Crippen LogP) is 3.65. The van der Waals surface area contributed by atoms with Crippen LogP contribution in [0.1, 0.15) is 18.1 Å². The van der Waals surface area contributed by atoms with Crippen LogP contribution in [-0.2, 0) is 22.8 Å². The lowest BCUT2D eigenvalue weighted by molar-refractivity contribution is 0.206. The number of hydrogen-bond acceptors (Lipinski definition) is 3. The zero-order chi connectivity index (χ0) is 20.1. The van der Waals surface area contributed by atoms with Crippen molar-refractivity contribution in [3.63, 3.8) is 0 Å². The van der Waals surface area contributed by atoms with Crippen LogP contribution in [0, 0.1) is 5.82 Å². The minimum Gasteiger partial charge on any atom is -0.314 e. The molecule has 0 saturated carbocycles. The van der Waals surface area contributed by atoms with Gasteiger partial charge in [0.15, 0.2) is 9.84 Å². The van der Waals surface area contributed by atoms with Crippen LogP contribution in [0.5, 0.6) is 0 Å². The van der Waals surface area contributed by atoms with Crippen LogP contribution in [0.25, 0.3) is 0 Å². The topological polar surface area (TPSA) is 57.7 Å². The molecule has 2 aromatic carbocycles. The number of rotatable bonds is 4. The van der Waals surface area contributed by atoms with Crippen molar-refractivity contribution in [3.8, 4) is 0 Å². The number of anilines is 1. The zero-order valence-electron chi connectivity index (χ0n) is 15.3. The Labute approximate surface area is 168 Å². The lowest BCUT2D eigenvalue weighted by Gasteiger charge is -2.23. The highest BCUT2D eigenvalue weighted by Gasteiger charge is 2.53. The number of benzene rings is 2. The molecule has 0 bridgehead atoms. The fraction of sp³-hybridized carbons (Fsp3) is 0.350. The molecule has 0 spiro atoms. The Morgan fingerprint density at radius 2 is 1.79 bits per heavy atom. The van der Waals surface area contributed by atoms with Crippen molar-refractivity contribution in [2.75, 3.05) is 16.4 Å². The van der Waals surface area contributed by atoms with Gasteiger partial charge < -0.3 is 4.90 Å². The van der Waals surface area contributed by atoms with Crippen molar-refractivity contribution in [1.29, 1.82) is 0 Å². The molecule has 2 aromatic rings. The Bertz CT molecular complexity index is 1030. The molecule has 2 saturated heterocycles. The summed E-state index contributed by atoms with van der Waals surface area (Å²) in [5.74, 6) is -0.598. The van der Waals surface area contributed by atoms with E-state index in [1.54, 1.807) is 9.80 Å². The molecule has 0 aromatic heterocycles. The molecule has 148 valence electrons. The van der Waals surface area contributed by atoms with Gasteiger partial charge in [-0.15, -0.1) is 0 Å².